The molecule has 2 aromatic rings. The Morgan fingerprint density at radius 3 is 2.48 bits per heavy atom. The third-order valence-corrected chi connectivity index (χ3v) is 4.79. The Hall–Kier alpha value is -1.60. The number of rotatable bonds is 4. The number of nitrogens with one attached hydrogen (secondary N) is 1. The van der Waals surface area contributed by atoms with E-state index in [9.17, 15) is 4.79 Å². The summed E-state index contributed by atoms with van der Waals surface area (Å²) in [7, 11) is 1.76. The molecular weight excluding hydrogens is 403 g/mol. The Bertz CT molecular complexity index is 670. The standard InChI is InChI=1S/C18H19IN2O2/c1-23-17-10-11-21(12-17)16-8-6-15(7-9-16)20-18(22)13-2-4-14(19)5-3-13/h2-9,17H,10-12H2,1H3,(H,20,22). The van der Waals surface area contributed by atoms with Crippen molar-refractivity contribution in [2.24, 2.45) is 0 Å². The lowest BCUT2D eigenvalue weighted by Crippen LogP contribution is -2.22. The first-order valence-electron chi connectivity index (χ1n) is 7.60. The second kappa shape index (κ2) is 7.31. The smallest absolute Gasteiger partial charge is 0.255 e. The zero-order valence-corrected chi connectivity index (χ0v) is 15.1. The topological polar surface area (TPSA) is 41.6 Å². The third-order valence-electron chi connectivity index (χ3n) is 4.08. The number of benzene rings is 2. The molecule has 1 saturated heterocycles. The quantitative estimate of drug-likeness (QED) is 0.763. The van der Waals surface area contributed by atoms with Gasteiger partial charge in [0.05, 0.1) is 6.10 Å². The highest BCUT2D eigenvalue weighted by Crippen LogP contribution is 2.23. The summed E-state index contributed by atoms with van der Waals surface area (Å²) in [6.07, 6.45) is 1.37. The minimum Gasteiger partial charge on any atom is -0.380 e. The fourth-order valence-electron chi connectivity index (χ4n) is 2.72. The molecule has 1 amide bonds. The van der Waals surface area contributed by atoms with Crippen molar-refractivity contribution in [2.45, 2.75) is 12.5 Å². The molecule has 1 unspecified atom stereocenters. The molecular formula is C18H19IN2O2. The van der Waals surface area contributed by atoms with Crippen molar-refractivity contribution in [1.82, 2.24) is 0 Å². The number of halogens is 1. The maximum Gasteiger partial charge on any atom is 0.255 e. The van der Waals surface area contributed by atoms with Gasteiger partial charge >= 0.3 is 0 Å². The summed E-state index contributed by atoms with van der Waals surface area (Å²) in [5.74, 6) is -0.0882. The van der Waals surface area contributed by atoms with Crippen molar-refractivity contribution >= 4 is 39.9 Å². The van der Waals surface area contributed by atoms with Crippen LogP contribution >= 0.6 is 22.6 Å². The molecule has 1 aliphatic heterocycles. The molecule has 1 fully saturated rings. The van der Waals surface area contributed by atoms with Crippen molar-refractivity contribution in [2.75, 3.05) is 30.4 Å². The summed E-state index contributed by atoms with van der Waals surface area (Å²) < 4.78 is 6.51. The molecule has 1 aliphatic rings. The number of carbonyl (C=O) groups is 1. The van der Waals surface area contributed by atoms with Gasteiger partial charge in [0.15, 0.2) is 0 Å². The summed E-state index contributed by atoms with van der Waals surface area (Å²) in [4.78, 5) is 14.5. The molecule has 23 heavy (non-hydrogen) atoms. The van der Waals surface area contributed by atoms with Gasteiger partial charge in [0.2, 0.25) is 0 Å². The first-order valence-corrected chi connectivity index (χ1v) is 8.68. The van der Waals surface area contributed by atoms with Crippen LogP contribution in [0, 0.1) is 3.57 Å². The van der Waals surface area contributed by atoms with Gasteiger partial charge < -0.3 is 15.0 Å². The number of anilines is 2. The van der Waals surface area contributed by atoms with Crippen LogP contribution in [0.2, 0.25) is 0 Å². The molecule has 0 aromatic heterocycles. The number of nitrogens with zero attached hydrogens (tertiary/aromatic N) is 1. The van der Waals surface area contributed by atoms with Crippen molar-refractivity contribution < 1.29 is 9.53 Å². The van der Waals surface area contributed by atoms with Crippen LogP contribution in [0.3, 0.4) is 0 Å². The Labute approximate surface area is 150 Å². The molecule has 0 spiro atoms. The number of methoxy groups -OCH3 is 1. The molecule has 0 aliphatic carbocycles. The van der Waals surface area contributed by atoms with Crippen LogP contribution in [0.5, 0.6) is 0 Å². The SMILES string of the molecule is COC1CCN(c2ccc(NC(=O)c3ccc(I)cc3)cc2)C1. The predicted octanol–water partition coefficient (Wildman–Crippen LogP) is 3.77. The van der Waals surface area contributed by atoms with Crippen LogP contribution in [-0.4, -0.2) is 32.2 Å². The van der Waals surface area contributed by atoms with E-state index in [1.165, 1.54) is 0 Å². The monoisotopic (exact) mass is 422 g/mol. The molecule has 0 saturated carbocycles. The lowest BCUT2D eigenvalue weighted by molar-refractivity contribution is 0.102. The number of carbonyl (C=O) groups excluding carboxylic acids is 1. The summed E-state index contributed by atoms with van der Waals surface area (Å²) >= 11 is 2.22. The summed E-state index contributed by atoms with van der Waals surface area (Å²) in [5, 5.41) is 2.93. The highest BCUT2D eigenvalue weighted by atomic mass is 127. The van der Waals surface area contributed by atoms with Gasteiger partial charge in [-0.05, 0) is 77.5 Å². The Morgan fingerprint density at radius 1 is 1.17 bits per heavy atom. The molecule has 3 rings (SSSR count). The van der Waals surface area contributed by atoms with E-state index in [1.54, 1.807) is 7.11 Å². The zero-order chi connectivity index (χ0) is 16.2. The van der Waals surface area contributed by atoms with E-state index in [4.69, 9.17) is 4.74 Å². The van der Waals surface area contributed by atoms with Gasteiger partial charge in [0.25, 0.3) is 5.91 Å². The van der Waals surface area contributed by atoms with Gasteiger partial charge in [0.1, 0.15) is 0 Å². The average Bonchev–Trinajstić information content (AvgIpc) is 3.05. The Balaban J connectivity index is 1.63. The van der Waals surface area contributed by atoms with Crippen molar-refractivity contribution in [1.29, 1.82) is 0 Å². The van der Waals surface area contributed by atoms with E-state index < -0.39 is 0 Å². The highest BCUT2D eigenvalue weighted by molar-refractivity contribution is 14.1. The molecule has 5 heteroatoms. The normalized spacial score (nSPS) is 17.3. The molecule has 1 atom stereocenters. The van der Waals surface area contributed by atoms with E-state index in [0.717, 1.165) is 34.5 Å². The average molecular weight is 422 g/mol. The Morgan fingerprint density at radius 2 is 1.87 bits per heavy atom. The zero-order valence-electron chi connectivity index (χ0n) is 13.0. The summed E-state index contributed by atoms with van der Waals surface area (Å²) in [6, 6.07) is 15.5. The lowest BCUT2D eigenvalue weighted by Gasteiger charge is -2.18. The first-order chi connectivity index (χ1) is 11.2. The van der Waals surface area contributed by atoms with E-state index in [2.05, 4.69) is 32.8 Å². The molecule has 0 radical (unpaired) electrons. The highest BCUT2D eigenvalue weighted by Gasteiger charge is 2.22. The lowest BCUT2D eigenvalue weighted by atomic mass is 10.2. The second-order valence-corrected chi connectivity index (χ2v) is 6.85. The van der Waals surface area contributed by atoms with Gasteiger partial charge in [-0.1, -0.05) is 0 Å². The maximum atomic E-state index is 12.2. The fraction of sp³-hybridized carbons (Fsp3) is 0.278. The van der Waals surface area contributed by atoms with Crippen LogP contribution in [-0.2, 0) is 4.74 Å². The minimum absolute atomic E-state index is 0.0882. The van der Waals surface area contributed by atoms with Gasteiger partial charge in [-0.25, -0.2) is 0 Å². The predicted molar refractivity (Wildman–Crippen MR) is 101 cm³/mol. The van der Waals surface area contributed by atoms with Gasteiger partial charge in [0, 0.05) is 40.7 Å². The van der Waals surface area contributed by atoms with Gasteiger partial charge in [-0.15, -0.1) is 0 Å². The Kier molecular flexibility index (Phi) is 5.17. The van der Waals surface area contributed by atoms with E-state index in [-0.39, 0.29) is 5.91 Å². The third kappa shape index (κ3) is 4.03. The van der Waals surface area contributed by atoms with Crippen LogP contribution in [0.15, 0.2) is 48.5 Å². The molecule has 2 aromatic carbocycles. The van der Waals surface area contributed by atoms with Gasteiger partial charge in [-0.3, -0.25) is 4.79 Å². The van der Waals surface area contributed by atoms with Crippen molar-refractivity contribution in [3.05, 3.63) is 57.7 Å². The number of amides is 1. The number of hydrogen-bond acceptors (Lipinski definition) is 3. The van der Waals surface area contributed by atoms with Crippen LogP contribution in [0.4, 0.5) is 11.4 Å². The summed E-state index contributed by atoms with van der Waals surface area (Å²) in [5.41, 5.74) is 2.63. The van der Waals surface area contributed by atoms with E-state index >= 15 is 0 Å². The maximum absolute atomic E-state index is 12.2. The van der Waals surface area contributed by atoms with Crippen molar-refractivity contribution in [3.63, 3.8) is 0 Å². The minimum atomic E-state index is -0.0882. The molecule has 4 nitrogen and oxygen atoms in total. The number of hydrogen-bond donors (Lipinski definition) is 1. The largest absolute Gasteiger partial charge is 0.380 e. The van der Waals surface area contributed by atoms with Crippen LogP contribution < -0.4 is 10.2 Å². The first kappa shape index (κ1) is 16.3. The molecule has 0 bridgehead atoms. The molecule has 120 valence electrons. The fourth-order valence-corrected chi connectivity index (χ4v) is 3.07. The number of ether oxygens (including phenoxy) is 1. The van der Waals surface area contributed by atoms with Crippen LogP contribution in [0.25, 0.3) is 0 Å². The summed E-state index contributed by atoms with van der Waals surface area (Å²) in [6.45, 7) is 1.93. The molecule has 1 N–H and O–H groups in total. The van der Waals surface area contributed by atoms with Gasteiger partial charge in [-0.2, -0.15) is 0 Å². The van der Waals surface area contributed by atoms with E-state index in [1.807, 2.05) is 48.5 Å². The van der Waals surface area contributed by atoms with E-state index in [0.29, 0.717) is 11.7 Å². The van der Waals surface area contributed by atoms with Crippen LogP contribution in [0.1, 0.15) is 16.8 Å². The van der Waals surface area contributed by atoms with Crippen molar-refractivity contribution in [3.8, 4) is 0 Å². The second-order valence-electron chi connectivity index (χ2n) is 5.60. The molecule has 1 heterocycles.